The van der Waals surface area contributed by atoms with Crippen LogP contribution in [0.5, 0.6) is 0 Å². The second-order valence-electron chi connectivity index (χ2n) is 8.94. The van der Waals surface area contributed by atoms with Gasteiger partial charge in [-0.1, -0.05) is 6.07 Å². The fourth-order valence-electron chi connectivity index (χ4n) is 4.29. The summed E-state index contributed by atoms with van der Waals surface area (Å²) in [5.74, 6) is 0.673. The molecule has 0 aliphatic carbocycles. The first-order valence-corrected chi connectivity index (χ1v) is 12.0. The number of anilines is 3. The van der Waals surface area contributed by atoms with E-state index in [-0.39, 0.29) is 18.2 Å². The molecule has 1 aliphatic rings. The van der Waals surface area contributed by atoms with Gasteiger partial charge in [-0.15, -0.1) is 5.10 Å². The monoisotopic (exact) mass is 509 g/mol. The van der Waals surface area contributed by atoms with E-state index in [1.54, 1.807) is 30.5 Å². The highest BCUT2D eigenvalue weighted by molar-refractivity contribution is 5.67. The van der Waals surface area contributed by atoms with Gasteiger partial charge in [0.05, 0.1) is 12.0 Å². The smallest absolute Gasteiger partial charge is 0.303 e. The van der Waals surface area contributed by atoms with E-state index < -0.39 is 5.97 Å². The van der Waals surface area contributed by atoms with E-state index in [1.807, 2.05) is 16.8 Å². The van der Waals surface area contributed by atoms with Crippen molar-refractivity contribution in [2.75, 3.05) is 61.8 Å². The number of carbonyl (C=O) groups is 1. The van der Waals surface area contributed by atoms with Gasteiger partial charge < -0.3 is 25.1 Å². The van der Waals surface area contributed by atoms with Crippen molar-refractivity contribution in [3.05, 3.63) is 48.0 Å². The number of hydrogen-bond acceptors (Lipinski definition) is 10. The van der Waals surface area contributed by atoms with Crippen LogP contribution in [-0.4, -0.2) is 86.9 Å². The van der Waals surface area contributed by atoms with E-state index in [2.05, 4.69) is 25.0 Å². The van der Waals surface area contributed by atoms with Gasteiger partial charge in [0.1, 0.15) is 5.82 Å². The second kappa shape index (κ2) is 10.4. The van der Waals surface area contributed by atoms with E-state index in [1.165, 1.54) is 10.6 Å². The molecule has 5 rings (SSSR count). The van der Waals surface area contributed by atoms with Crippen LogP contribution in [0.25, 0.3) is 17.4 Å². The van der Waals surface area contributed by atoms with Crippen LogP contribution in [0.2, 0.25) is 0 Å². The number of likely N-dealkylation sites (N-methyl/N-ethyl adjacent to an activating group) is 1. The van der Waals surface area contributed by atoms with Crippen LogP contribution in [0.4, 0.5) is 22.0 Å². The number of rotatable bonds is 9. The number of aromatic nitrogens is 5. The van der Waals surface area contributed by atoms with Crippen molar-refractivity contribution in [3.8, 4) is 11.6 Å². The van der Waals surface area contributed by atoms with Crippen molar-refractivity contribution >= 4 is 29.3 Å². The number of carboxylic acids is 1. The van der Waals surface area contributed by atoms with Gasteiger partial charge in [0, 0.05) is 52.7 Å². The molecule has 0 spiro atoms. The molecule has 12 nitrogen and oxygen atoms in total. The summed E-state index contributed by atoms with van der Waals surface area (Å²) in [7, 11) is 1.90. The number of nitrogens with zero attached hydrogens (tertiary/aromatic N) is 8. The van der Waals surface area contributed by atoms with Crippen molar-refractivity contribution in [2.45, 2.75) is 12.8 Å². The molecule has 0 amide bonds. The lowest BCUT2D eigenvalue weighted by atomic mass is 10.1. The fraction of sp³-hybridized carbons (Fsp3) is 0.375. The summed E-state index contributed by atoms with van der Waals surface area (Å²) in [6.45, 7) is 4.40. The zero-order valence-corrected chi connectivity index (χ0v) is 20.4. The van der Waals surface area contributed by atoms with E-state index >= 15 is 0 Å². The number of piperazine rings is 1. The number of furan rings is 1. The summed E-state index contributed by atoms with van der Waals surface area (Å²) >= 11 is 0. The van der Waals surface area contributed by atoms with Gasteiger partial charge in [-0.25, -0.2) is 4.39 Å². The quantitative estimate of drug-likeness (QED) is 0.341. The Morgan fingerprint density at radius 3 is 2.70 bits per heavy atom. The number of nitrogen functional groups attached to an aromatic ring is 1. The number of fused-ring (bicyclic) bond motifs is 1. The van der Waals surface area contributed by atoms with Crippen LogP contribution in [0, 0.1) is 5.82 Å². The lowest BCUT2D eigenvalue weighted by Crippen LogP contribution is -2.48. The van der Waals surface area contributed by atoms with Crippen LogP contribution in [0.15, 0.2) is 41.0 Å². The maximum absolute atomic E-state index is 14.7. The number of nitrogens with two attached hydrogens (primary N) is 1. The van der Waals surface area contributed by atoms with Crippen molar-refractivity contribution in [1.29, 1.82) is 0 Å². The van der Waals surface area contributed by atoms with Crippen LogP contribution in [0.1, 0.15) is 12.0 Å². The normalized spacial score (nSPS) is 14.4. The molecule has 3 aromatic heterocycles. The molecular weight excluding hydrogens is 481 g/mol. The van der Waals surface area contributed by atoms with E-state index in [4.69, 9.17) is 15.3 Å². The standard InChI is InChI=1S/C24H28FN9O3/c1-31(23-28-22(26)34-24(29-23)27-21(30-34)19-3-2-14-37-19)8-9-32-10-12-33(13-11-32)18-6-4-16(15-17(18)25)5-7-20(35)36/h2-4,6,14-15H,5,7-13H2,1H3,(H,35,36)(H2,26,27,28,29,30). The second-order valence-corrected chi connectivity index (χ2v) is 8.94. The molecule has 0 atom stereocenters. The molecular formula is C24H28FN9O3. The van der Waals surface area contributed by atoms with E-state index in [0.717, 1.165) is 19.6 Å². The molecule has 1 aliphatic heterocycles. The van der Waals surface area contributed by atoms with Crippen molar-refractivity contribution in [3.63, 3.8) is 0 Å². The molecule has 0 bridgehead atoms. The number of halogens is 1. The molecule has 1 fully saturated rings. The van der Waals surface area contributed by atoms with Gasteiger partial charge >= 0.3 is 5.97 Å². The third-order valence-corrected chi connectivity index (χ3v) is 6.41. The molecule has 0 saturated carbocycles. The minimum Gasteiger partial charge on any atom is -0.481 e. The molecule has 0 unspecified atom stereocenters. The molecule has 194 valence electrons. The summed E-state index contributed by atoms with van der Waals surface area (Å²) < 4.78 is 21.4. The Balaban J connectivity index is 1.15. The Morgan fingerprint density at radius 1 is 1.19 bits per heavy atom. The van der Waals surface area contributed by atoms with Gasteiger partial charge in [0.15, 0.2) is 5.76 Å². The van der Waals surface area contributed by atoms with Crippen LogP contribution in [-0.2, 0) is 11.2 Å². The number of aliphatic carboxylic acids is 1. The molecule has 1 aromatic carbocycles. The molecule has 13 heteroatoms. The summed E-state index contributed by atoms with van der Waals surface area (Å²) in [6, 6.07) is 8.51. The summed E-state index contributed by atoms with van der Waals surface area (Å²) in [5, 5.41) is 13.1. The van der Waals surface area contributed by atoms with Crippen molar-refractivity contribution < 1.29 is 18.7 Å². The molecule has 4 aromatic rings. The maximum Gasteiger partial charge on any atom is 0.303 e. The number of aryl methyl sites for hydroxylation is 1. The Hall–Kier alpha value is -4.26. The predicted molar refractivity (Wildman–Crippen MR) is 135 cm³/mol. The van der Waals surface area contributed by atoms with Crippen LogP contribution in [0.3, 0.4) is 0 Å². The van der Waals surface area contributed by atoms with Gasteiger partial charge in [-0.3, -0.25) is 9.69 Å². The Labute approximate surface area is 212 Å². The highest BCUT2D eigenvalue weighted by Gasteiger charge is 2.21. The third-order valence-electron chi connectivity index (χ3n) is 6.41. The zero-order valence-electron chi connectivity index (χ0n) is 20.4. The molecule has 4 heterocycles. The average molecular weight is 510 g/mol. The van der Waals surface area contributed by atoms with Gasteiger partial charge in [-0.05, 0) is 36.2 Å². The third kappa shape index (κ3) is 5.45. The van der Waals surface area contributed by atoms with Crippen molar-refractivity contribution in [2.24, 2.45) is 0 Å². The minimum absolute atomic E-state index is 0.0115. The summed E-state index contributed by atoms with van der Waals surface area (Å²) in [6.07, 6.45) is 1.85. The molecule has 1 saturated heterocycles. The lowest BCUT2D eigenvalue weighted by molar-refractivity contribution is -0.136. The highest BCUT2D eigenvalue weighted by Crippen LogP contribution is 2.23. The predicted octanol–water partition coefficient (Wildman–Crippen LogP) is 1.78. The van der Waals surface area contributed by atoms with Gasteiger partial charge in [0.2, 0.25) is 17.7 Å². The molecule has 0 radical (unpaired) electrons. The number of benzene rings is 1. The largest absolute Gasteiger partial charge is 0.481 e. The molecule has 37 heavy (non-hydrogen) atoms. The fourth-order valence-corrected chi connectivity index (χ4v) is 4.29. The average Bonchev–Trinajstić information content (AvgIpc) is 3.57. The van der Waals surface area contributed by atoms with Crippen molar-refractivity contribution in [1.82, 2.24) is 29.5 Å². The number of carboxylic acid groups (broad SMARTS) is 1. The van der Waals surface area contributed by atoms with Crippen LogP contribution < -0.4 is 15.5 Å². The van der Waals surface area contributed by atoms with Gasteiger partial charge in [-0.2, -0.15) is 19.5 Å². The Kier molecular flexibility index (Phi) is 6.86. The van der Waals surface area contributed by atoms with E-state index in [0.29, 0.717) is 60.6 Å². The summed E-state index contributed by atoms with van der Waals surface area (Å²) in [5.41, 5.74) is 7.34. The SMILES string of the molecule is CN(CCN1CCN(c2ccc(CCC(=O)O)cc2F)CC1)c1nc(N)n2nc(-c3ccco3)nc2n1. The summed E-state index contributed by atoms with van der Waals surface area (Å²) in [4.78, 5) is 30.3. The lowest BCUT2D eigenvalue weighted by Gasteiger charge is -2.36. The maximum atomic E-state index is 14.7. The first kappa shape index (κ1) is 24.4. The molecule has 3 N–H and O–H groups in total. The van der Waals surface area contributed by atoms with Gasteiger partial charge in [0.25, 0.3) is 5.78 Å². The topological polar surface area (TPSA) is 142 Å². The van der Waals surface area contributed by atoms with Crippen LogP contribution >= 0.6 is 0 Å². The van der Waals surface area contributed by atoms with E-state index in [9.17, 15) is 9.18 Å². The zero-order chi connectivity index (χ0) is 25.9. The first-order valence-electron chi connectivity index (χ1n) is 12.0. The minimum atomic E-state index is -0.889. The number of hydrogen-bond donors (Lipinski definition) is 2. The highest BCUT2D eigenvalue weighted by atomic mass is 19.1. The Bertz CT molecular complexity index is 1380. The Morgan fingerprint density at radius 2 is 2.00 bits per heavy atom. The first-order chi connectivity index (χ1) is 17.9.